The molecule has 0 saturated carbocycles. The first-order chi connectivity index (χ1) is 8.58. The second-order valence-electron chi connectivity index (χ2n) is 3.35. The topological polar surface area (TPSA) is 72.8 Å². The van der Waals surface area contributed by atoms with Crippen molar-refractivity contribution in [2.75, 3.05) is 13.7 Å². The molecule has 0 radical (unpaired) electrons. The molecule has 5 nitrogen and oxygen atoms in total. The van der Waals surface area contributed by atoms with Gasteiger partial charge < -0.3 is 14.6 Å². The molecule has 1 aromatic carbocycles. The molecule has 18 heavy (non-hydrogen) atoms. The van der Waals surface area contributed by atoms with Gasteiger partial charge in [0.2, 0.25) is 0 Å². The number of benzene rings is 1. The van der Waals surface area contributed by atoms with Gasteiger partial charge in [-0.15, -0.1) is 0 Å². The summed E-state index contributed by atoms with van der Waals surface area (Å²) >= 11 is 0. The van der Waals surface area contributed by atoms with Gasteiger partial charge in [-0.3, -0.25) is 4.79 Å². The van der Waals surface area contributed by atoms with Crippen LogP contribution in [0.15, 0.2) is 24.3 Å². The fourth-order valence-electron chi connectivity index (χ4n) is 1.31. The van der Waals surface area contributed by atoms with E-state index in [1.54, 1.807) is 18.2 Å². The second-order valence-corrected chi connectivity index (χ2v) is 3.35. The van der Waals surface area contributed by atoms with Crippen molar-refractivity contribution in [1.29, 1.82) is 0 Å². The molecule has 0 atom stereocenters. The van der Waals surface area contributed by atoms with Gasteiger partial charge in [0, 0.05) is 0 Å². The maximum atomic E-state index is 10.9. The highest BCUT2D eigenvalue weighted by Crippen LogP contribution is 2.28. The van der Waals surface area contributed by atoms with E-state index >= 15 is 0 Å². The first kappa shape index (κ1) is 13.8. The third-order valence-corrected chi connectivity index (χ3v) is 2.13. The minimum absolute atomic E-state index is 0.484. The van der Waals surface area contributed by atoms with Gasteiger partial charge in [-0.25, -0.2) is 4.79 Å². The van der Waals surface area contributed by atoms with Crippen LogP contribution >= 0.6 is 0 Å². The van der Waals surface area contributed by atoms with Gasteiger partial charge in [0.1, 0.15) is 0 Å². The van der Waals surface area contributed by atoms with Crippen LogP contribution in [0.4, 0.5) is 0 Å². The molecule has 1 rings (SSSR count). The van der Waals surface area contributed by atoms with E-state index < -0.39 is 11.8 Å². The number of ether oxygens (including phenoxy) is 2. The lowest BCUT2D eigenvalue weighted by Crippen LogP contribution is -2.08. The molecule has 0 aliphatic carbocycles. The predicted octanol–water partition coefficient (Wildman–Crippen LogP) is 1.76. The van der Waals surface area contributed by atoms with E-state index in [1.807, 2.05) is 6.92 Å². The van der Waals surface area contributed by atoms with Crippen LogP contribution in [0.25, 0.3) is 6.08 Å². The molecule has 0 saturated heterocycles. The first-order valence-corrected chi connectivity index (χ1v) is 5.34. The first-order valence-electron chi connectivity index (χ1n) is 5.34. The van der Waals surface area contributed by atoms with Crippen LogP contribution < -0.4 is 9.47 Å². The highest BCUT2D eigenvalue weighted by atomic mass is 16.5. The highest BCUT2D eigenvalue weighted by molar-refractivity contribution is 6.38. The van der Waals surface area contributed by atoms with Crippen molar-refractivity contribution < 1.29 is 24.2 Å². The number of hydrogen-bond acceptors (Lipinski definition) is 4. The fraction of sp³-hybridized carbons (Fsp3) is 0.231. The molecule has 1 N–H and O–H groups in total. The molecule has 0 aliphatic rings. The Labute approximate surface area is 105 Å². The molecule has 96 valence electrons. The van der Waals surface area contributed by atoms with Gasteiger partial charge in [0.25, 0.3) is 5.78 Å². The van der Waals surface area contributed by atoms with Crippen LogP contribution in [0.5, 0.6) is 11.5 Å². The Morgan fingerprint density at radius 3 is 2.61 bits per heavy atom. The SMILES string of the molecule is CCOc1cc(/C=C/C(=O)C(=O)O)ccc1OC. The van der Waals surface area contributed by atoms with Crippen molar-refractivity contribution in [3.8, 4) is 11.5 Å². The molecule has 0 spiro atoms. The normalized spacial score (nSPS) is 10.3. The van der Waals surface area contributed by atoms with E-state index in [4.69, 9.17) is 14.6 Å². The van der Waals surface area contributed by atoms with Crippen molar-refractivity contribution in [2.24, 2.45) is 0 Å². The molecule has 5 heteroatoms. The van der Waals surface area contributed by atoms with E-state index in [9.17, 15) is 9.59 Å². The number of hydrogen-bond donors (Lipinski definition) is 1. The van der Waals surface area contributed by atoms with Crippen LogP contribution in [0, 0.1) is 0 Å². The third-order valence-electron chi connectivity index (χ3n) is 2.13. The van der Waals surface area contributed by atoms with Crippen LogP contribution in [0.3, 0.4) is 0 Å². The second kappa shape index (κ2) is 6.44. The average molecular weight is 250 g/mol. The summed E-state index contributed by atoms with van der Waals surface area (Å²) in [6.07, 6.45) is 2.41. The minimum Gasteiger partial charge on any atom is -0.493 e. The fourth-order valence-corrected chi connectivity index (χ4v) is 1.31. The molecule has 0 amide bonds. The Morgan fingerprint density at radius 1 is 1.33 bits per heavy atom. The van der Waals surface area contributed by atoms with Crippen LogP contribution in [0.1, 0.15) is 12.5 Å². The van der Waals surface area contributed by atoms with Gasteiger partial charge in [0.15, 0.2) is 11.5 Å². The van der Waals surface area contributed by atoms with E-state index in [-0.39, 0.29) is 0 Å². The number of aliphatic carboxylic acids is 1. The Morgan fingerprint density at radius 2 is 2.06 bits per heavy atom. The van der Waals surface area contributed by atoms with Crippen molar-refractivity contribution in [3.05, 3.63) is 29.8 Å². The number of carbonyl (C=O) groups excluding carboxylic acids is 1. The molecule has 0 aliphatic heterocycles. The van der Waals surface area contributed by atoms with Crippen LogP contribution in [-0.4, -0.2) is 30.6 Å². The summed E-state index contributed by atoms with van der Waals surface area (Å²) in [7, 11) is 1.53. The standard InChI is InChI=1S/C13H14O5/c1-3-18-12-8-9(5-7-11(12)17-2)4-6-10(14)13(15)16/h4-8H,3H2,1-2H3,(H,15,16)/b6-4+. The van der Waals surface area contributed by atoms with Crippen molar-refractivity contribution in [2.45, 2.75) is 6.92 Å². The summed E-state index contributed by atoms with van der Waals surface area (Å²) in [4.78, 5) is 21.3. The quantitative estimate of drug-likeness (QED) is 0.615. The van der Waals surface area contributed by atoms with E-state index in [1.165, 1.54) is 13.2 Å². The number of carboxylic acid groups (broad SMARTS) is 1. The van der Waals surface area contributed by atoms with E-state index in [2.05, 4.69) is 0 Å². The molecular formula is C13H14O5. The Kier molecular flexibility index (Phi) is 4.92. The zero-order valence-electron chi connectivity index (χ0n) is 10.2. The highest BCUT2D eigenvalue weighted by Gasteiger charge is 2.07. The van der Waals surface area contributed by atoms with Crippen LogP contribution in [-0.2, 0) is 9.59 Å². The Hall–Kier alpha value is -2.30. The van der Waals surface area contributed by atoms with E-state index in [0.29, 0.717) is 23.7 Å². The summed E-state index contributed by atoms with van der Waals surface area (Å²) in [6.45, 7) is 2.33. The monoisotopic (exact) mass is 250 g/mol. The van der Waals surface area contributed by atoms with Gasteiger partial charge >= 0.3 is 5.97 Å². The van der Waals surface area contributed by atoms with Crippen LogP contribution in [0.2, 0.25) is 0 Å². The van der Waals surface area contributed by atoms with Crippen molar-refractivity contribution in [3.63, 3.8) is 0 Å². The number of carbonyl (C=O) groups is 2. The predicted molar refractivity (Wildman–Crippen MR) is 65.8 cm³/mol. The number of carboxylic acids is 1. The lowest BCUT2D eigenvalue weighted by atomic mass is 10.1. The lowest BCUT2D eigenvalue weighted by molar-refractivity contribution is -0.146. The molecule has 0 bridgehead atoms. The third kappa shape index (κ3) is 3.62. The summed E-state index contributed by atoms with van der Waals surface area (Å²) in [5, 5.41) is 8.44. The summed E-state index contributed by atoms with van der Waals surface area (Å²) < 4.78 is 10.5. The van der Waals surface area contributed by atoms with Gasteiger partial charge in [-0.2, -0.15) is 0 Å². The summed E-state index contributed by atoms with van der Waals surface area (Å²) in [6, 6.07) is 5.07. The molecular weight excluding hydrogens is 236 g/mol. The number of ketones is 1. The molecule has 1 aromatic rings. The van der Waals surface area contributed by atoms with E-state index in [0.717, 1.165) is 6.08 Å². The number of rotatable bonds is 6. The molecule has 0 unspecified atom stereocenters. The zero-order valence-corrected chi connectivity index (χ0v) is 10.2. The Bertz CT molecular complexity index is 476. The molecule has 0 aromatic heterocycles. The smallest absolute Gasteiger partial charge is 0.376 e. The minimum atomic E-state index is -1.48. The lowest BCUT2D eigenvalue weighted by Gasteiger charge is -2.09. The maximum absolute atomic E-state index is 10.9. The Balaban J connectivity index is 2.94. The summed E-state index contributed by atoms with van der Waals surface area (Å²) in [5.74, 6) is -1.32. The van der Waals surface area contributed by atoms with Gasteiger partial charge in [0.05, 0.1) is 13.7 Å². The van der Waals surface area contributed by atoms with Gasteiger partial charge in [-0.05, 0) is 30.7 Å². The largest absolute Gasteiger partial charge is 0.493 e. The zero-order chi connectivity index (χ0) is 13.5. The number of methoxy groups -OCH3 is 1. The molecule has 0 fully saturated rings. The average Bonchev–Trinajstić information content (AvgIpc) is 2.36. The molecule has 0 heterocycles. The summed E-state index contributed by atoms with van der Waals surface area (Å²) in [5.41, 5.74) is 0.661. The van der Waals surface area contributed by atoms with Gasteiger partial charge in [-0.1, -0.05) is 12.1 Å². The van der Waals surface area contributed by atoms with Crippen molar-refractivity contribution >= 4 is 17.8 Å². The maximum Gasteiger partial charge on any atom is 0.376 e. The van der Waals surface area contributed by atoms with Crippen molar-refractivity contribution in [1.82, 2.24) is 0 Å².